The Hall–Kier alpha value is -2.54. The molecule has 5 nitrogen and oxygen atoms in total. The van der Waals surface area contributed by atoms with Crippen molar-refractivity contribution in [1.82, 2.24) is 9.88 Å². The average Bonchev–Trinajstić information content (AvgIpc) is 3.46. The number of hydrogen-bond donors (Lipinski definition) is 0. The van der Waals surface area contributed by atoms with E-state index in [1.54, 1.807) is 11.0 Å². The molecule has 0 radical (unpaired) electrons. The Bertz CT molecular complexity index is 1180. The number of anilines is 1. The summed E-state index contributed by atoms with van der Waals surface area (Å²) in [5.41, 5.74) is 2.58. The first kappa shape index (κ1) is 21.3. The van der Waals surface area contributed by atoms with E-state index in [9.17, 15) is 4.79 Å². The molecule has 0 unspecified atom stereocenters. The van der Waals surface area contributed by atoms with Gasteiger partial charge in [0.25, 0.3) is 5.91 Å². The molecular formula is C24H21Cl2N3O2S. The minimum atomic E-state index is -0.0467. The van der Waals surface area contributed by atoms with Crippen molar-refractivity contribution in [3.8, 4) is 16.3 Å². The van der Waals surface area contributed by atoms with E-state index < -0.39 is 0 Å². The van der Waals surface area contributed by atoms with Gasteiger partial charge in [-0.15, -0.1) is 11.3 Å². The molecule has 5 rings (SSSR count). The maximum absolute atomic E-state index is 13.2. The van der Waals surface area contributed by atoms with Crippen molar-refractivity contribution in [2.45, 2.75) is 12.8 Å². The highest BCUT2D eigenvalue weighted by atomic mass is 35.5. The number of benzene rings is 2. The van der Waals surface area contributed by atoms with Crippen LogP contribution in [0.3, 0.4) is 0 Å². The molecule has 0 saturated carbocycles. The summed E-state index contributed by atoms with van der Waals surface area (Å²) in [5.74, 6) is 0.584. The molecule has 0 bridgehead atoms. The average molecular weight is 486 g/mol. The van der Waals surface area contributed by atoms with Crippen LogP contribution < -0.4 is 9.64 Å². The first-order chi connectivity index (χ1) is 15.6. The molecule has 8 heteroatoms. The fourth-order valence-electron chi connectivity index (χ4n) is 3.86. The number of halogens is 2. The van der Waals surface area contributed by atoms with Crippen molar-refractivity contribution >= 4 is 46.1 Å². The van der Waals surface area contributed by atoms with Crippen LogP contribution >= 0.6 is 34.5 Å². The summed E-state index contributed by atoms with van der Waals surface area (Å²) in [6, 6.07) is 13.0. The van der Waals surface area contributed by atoms with Gasteiger partial charge in [-0.1, -0.05) is 41.4 Å². The maximum Gasteiger partial charge on any atom is 0.270 e. The van der Waals surface area contributed by atoms with E-state index in [1.807, 2.05) is 36.4 Å². The molecule has 0 spiro atoms. The van der Waals surface area contributed by atoms with Gasteiger partial charge in [0.1, 0.15) is 22.2 Å². The van der Waals surface area contributed by atoms with E-state index >= 15 is 0 Å². The van der Waals surface area contributed by atoms with Gasteiger partial charge in [-0.3, -0.25) is 4.79 Å². The van der Waals surface area contributed by atoms with E-state index in [0.29, 0.717) is 40.2 Å². The normalized spacial score (nSPS) is 15.4. The molecule has 32 heavy (non-hydrogen) atoms. The third-order valence-electron chi connectivity index (χ3n) is 5.56. The Morgan fingerprint density at radius 1 is 1.09 bits per heavy atom. The zero-order valence-corrected chi connectivity index (χ0v) is 19.6. The van der Waals surface area contributed by atoms with Gasteiger partial charge in [-0.2, -0.15) is 0 Å². The summed E-state index contributed by atoms with van der Waals surface area (Å²) < 4.78 is 5.86. The first-order valence-corrected chi connectivity index (χ1v) is 12.1. The molecule has 2 aliphatic heterocycles. The van der Waals surface area contributed by atoms with Crippen LogP contribution in [0.4, 0.5) is 5.69 Å². The van der Waals surface area contributed by atoms with Crippen LogP contribution in [0.1, 0.15) is 21.8 Å². The lowest BCUT2D eigenvalue weighted by atomic mass is 10.1. The second-order valence-electron chi connectivity index (χ2n) is 7.68. The van der Waals surface area contributed by atoms with E-state index in [4.69, 9.17) is 32.9 Å². The highest BCUT2D eigenvalue weighted by molar-refractivity contribution is 7.17. The Labute approximate surface area is 200 Å². The third kappa shape index (κ3) is 4.35. The summed E-state index contributed by atoms with van der Waals surface area (Å²) >= 11 is 13.9. The van der Waals surface area contributed by atoms with Crippen LogP contribution in [-0.2, 0) is 6.42 Å². The minimum absolute atomic E-state index is 0.0467. The van der Waals surface area contributed by atoms with Gasteiger partial charge in [0.05, 0.1) is 17.3 Å². The van der Waals surface area contributed by atoms with Gasteiger partial charge >= 0.3 is 0 Å². The summed E-state index contributed by atoms with van der Waals surface area (Å²) in [7, 11) is 0. The van der Waals surface area contributed by atoms with Crippen LogP contribution in [-0.4, -0.2) is 42.0 Å². The molecule has 164 valence electrons. The maximum atomic E-state index is 13.2. The van der Waals surface area contributed by atoms with Crippen LogP contribution in [0, 0.1) is 0 Å². The van der Waals surface area contributed by atoms with E-state index in [1.165, 1.54) is 11.3 Å². The molecule has 3 aromatic rings. The zero-order chi connectivity index (χ0) is 22.1. The standard InChI is InChI=1S/C24H21Cl2N3O2S/c25-17-5-3-16(4-6-17)23-27-20-9-12-29(24(30)22(20)32-23)18-7-8-21(19(26)15-18)31-14-13-28-10-1-2-11-28/h1,3-8,10,15H,2,9,11-14H2. The predicted molar refractivity (Wildman–Crippen MR) is 130 cm³/mol. The fraction of sp³-hybridized carbons (Fsp3) is 0.250. The number of carbonyl (C=O) groups is 1. The molecule has 0 N–H and O–H groups in total. The Morgan fingerprint density at radius 2 is 1.94 bits per heavy atom. The van der Waals surface area contributed by atoms with Gasteiger partial charge in [0, 0.05) is 35.8 Å². The monoisotopic (exact) mass is 485 g/mol. The Balaban J connectivity index is 1.29. The molecule has 0 fully saturated rings. The van der Waals surface area contributed by atoms with E-state index in [2.05, 4.69) is 17.2 Å². The first-order valence-electron chi connectivity index (χ1n) is 10.5. The number of ether oxygens (including phenoxy) is 1. The van der Waals surface area contributed by atoms with E-state index in [-0.39, 0.29) is 5.91 Å². The highest BCUT2D eigenvalue weighted by Gasteiger charge is 2.30. The molecule has 0 atom stereocenters. The lowest BCUT2D eigenvalue weighted by Crippen LogP contribution is -2.36. The van der Waals surface area contributed by atoms with Crippen LogP contribution in [0.5, 0.6) is 5.75 Å². The van der Waals surface area contributed by atoms with Crippen LogP contribution in [0.25, 0.3) is 10.6 Å². The highest BCUT2D eigenvalue weighted by Crippen LogP contribution is 2.36. The second-order valence-corrected chi connectivity index (χ2v) is 9.52. The van der Waals surface area contributed by atoms with Crippen molar-refractivity contribution < 1.29 is 9.53 Å². The number of amides is 1. The van der Waals surface area contributed by atoms with Gasteiger partial charge in [-0.25, -0.2) is 4.98 Å². The topological polar surface area (TPSA) is 45.7 Å². The van der Waals surface area contributed by atoms with Gasteiger partial charge in [0.2, 0.25) is 0 Å². The number of thiazole rings is 1. The molecule has 0 saturated heterocycles. The molecule has 2 aliphatic rings. The minimum Gasteiger partial charge on any atom is -0.490 e. The summed E-state index contributed by atoms with van der Waals surface area (Å²) in [6.45, 7) is 2.98. The van der Waals surface area contributed by atoms with Gasteiger partial charge in [0.15, 0.2) is 0 Å². The van der Waals surface area contributed by atoms with Gasteiger partial charge in [-0.05, 0) is 43.0 Å². The van der Waals surface area contributed by atoms with Gasteiger partial charge < -0.3 is 14.5 Å². The van der Waals surface area contributed by atoms with Crippen molar-refractivity contribution in [2.24, 2.45) is 0 Å². The smallest absolute Gasteiger partial charge is 0.270 e. The predicted octanol–water partition coefficient (Wildman–Crippen LogP) is 5.92. The van der Waals surface area contributed by atoms with Crippen molar-refractivity contribution in [2.75, 3.05) is 31.1 Å². The molecular weight excluding hydrogens is 465 g/mol. The number of rotatable bonds is 6. The van der Waals surface area contributed by atoms with Crippen LogP contribution in [0.15, 0.2) is 54.7 Å². The SMILES string of the molecule is O=C1c2sc(-c3ccc(Cl)cc3)nc2CCN1c1ccc(OCCN2C=CCC2)c(Cl)c1. The summed E-state index contributed by atoms with van der Waals surface area (Å²) in [6.07, 6.45) is 6.04. The Morgan fingerprint density at radius 3 is 2.69 bits per heavy atom. The molecule has 1 aromatic heterocycles. The molecule has 0 aliphatic carbocycles. The fourth-order valence-corrected chi connectivity index (χ4v) is 5.29. The molecule has 1 amide bonds. The lowest BCUT2D eigenvalue weighted by molar-refractivity contribution is 0.0984. The molecule has 2 aromatic carbocycles. The van der Waals surface area contributed by atoms with E-state index in [0.717, 1.165) is 41.5 Å². The van der Waals surface area contributed by atoms with Crippen LogP contribution in [0.2, 0.25) is 10.0 Å². The summed E-state index contributed by atoms with van der Waals surface area (Å²) in [4.78, 5) is 22.6. The largest absolute Gasteiger partial charge is 0.490 e. The Kier molecular flexibility index (Phi) is 6.09. The zero-order valence-electron chi connectivity index (χ0n) is 17.3. The summed E-state index contributed by atoms with van der Waals surface area (Å²) in [5, 5.41) is 2.01. The number of fused-ring (bicyclic) bond motifs is 1. The van der Waals surface area contributed by atoms with Crippen molar-refractivity contribution in [3.63, 3.8) is 0 Å². The number of aromatic nitrogens is 1. The second kappa shape index (κ2) is 9.14. The lowest BCUT2D eigenvalue weighted by Gasteiger charge is -2.26. The number of hydrogen-bond acceptors (Lipinski definition) is 5. The van der Waals surface area contributed by atoms with Crippen molar-refractivity contribution in [1.29, 1.82) is 0 Å². The third-order valence-corrected chi connectivity index (χ3v) is 7.24. The van der Waals surface area contributed by atoms with Crippen molar-refractivity contribution in [3.05, 3.63) is 75.4 Å². The quantitative estimate of drug-likeness (QED) is 0.434. The number of carbonyl (C=O) groups excluding carboxylic acids is 1. The molecule has 3 heterocycles. The number of nitrogens with zero attached hydrogens (tertiary/aromatic N) is 3.